The van der Waals surface area contributed by atoms with E-state index < -0.39 is 23.0 Å². The molecule has 4 heterocycles. The van der Waals surface area contributed by atoms with Crippen molar-refractivity contribution in [3.05, 3.63) is 106 Å². The number of piperidine rings is 2. The Kier molecular flexibility index (Phi) is 9.62. The number of benzene rings is 3. The molecule has 0 aliphatic carbocycles. The number of aromatic nitrogens is 3. The van der Waals surface area contributed by atoms with Gasteiger partial charge < -0.3 is 20.5 Å². The van der Waals surface area contributed by atoms with Gasteiger partial charge in [0.25, 0.3) is 0 Å². The Bertz CT molecular complexity index is 2060. The predicted molar refractivity (Wildman–Crippen MR) is 194 cm³/mol. The summed E-state index contributed by atoms with van der Waals surface area (Å²) in [6.45, 7) is 10.0. The molecule has 0 bridgehead atoms. The number of ketones is 1. The van der Waals surface area contributed by atoms with Crippen LogP contribution in [-0.4, -0.2) is 68.6 Å². The average molecular weight is 694 g/mol. The molecule has 7 rings (SSSR count). The standard InChI is InChI=1S/C41H45F2N5O3/c1-25-28(17-37(50)32-9-8-29(18-35(32)43)40(2,3)51)16-31(42)19-33(25)38-34-20-36(47-39(34)46-24-45-38)27-6-4-26(5-7-27)22-48-14-11-41(12-15-48)10-13-44-21-30(41)23-49/h4-9,16,18-20,24,30,44,49,51H,10-15,17,21-23H2,1-3H3,(H,45,46,47). The number of carbonyl (C=O) groups excluding carboxylic acids is 1. The van der Waals surface area contributed by atoms with E-state index in [-0.39, 0.29) is 24.0 Å². The van der Waals surface area contributed by atoms with E-state index in [0.29, 0.717) is 39.5 Å². The third-order valence-corrected chi connectivity index (χ3v) is 11.3. The van der Waals surface area contributed by atoms with E-state index in [1.165, 1.54) is 42.2 Å². The number of aromatic amines is 1. The van der Waals surface area contributed by atoms with Crippen molar-refractivity contribution in [3.8, 4) is 22.5 Å². The van der Waals surface area contributed by atoms with E-state index in [9.17, 15) is 19.4 Å². The van der Waals surface area contributed by atoms with Crippen molar-refractivity contribution < 1.29 is 23.8 Å². The second-order valence-electron chi connectivity index (χ2n) is 14.9. The van der Waals surface area contributed by atoms with Crippen molar-refractivity contribution in [2.75, 3.05) is 32.8 Å². The first-order chi connectivity index (χ1) is 24.4. The van der Waals surface area contributed by atoms with E-state index >= 15 is 4.39 Å². The zero-order valence-corrected chi connectivity index (χ0v) is 29.4. The number of nitrogens with one attached hydrogen (secondary N) is 2. The number of Topliss-reactive ketones (excluding diaryl/α,β-unsaturated/α-hetero) is 1. The first-order valence-corrected chi connectivity index (χ1v) is 17.8. The number of halogens is 2. The molecule has 3 aromatic carbocycles. The molecule has 5 aromatic rings. The predicted octanol–water partition coefficient (Wildman–Crippen LogP) is 6.72. The Morgan fingerprint density at radius 1 is 1.02 bits per heavy atom. The molecule has 1 spiro atoms. The number of rotatable bonds is 9. The van der Waals surface area contributed by atoms with Crippen LogP contribution in [0.3, 0.4) is 0 Å². The van der Waals surface area contributed by atoms with Gasteiger partial charge in [-0.25, -0.2) is 18.7 Å². The van der Waals surface area contributed by atoms with Crippen LogP contribution in [0.25, 0.3) is 33.5 Å². The minimum absolute atomic E-state index is 0.114. The number of nitrogens with zero attached hydrogens (tertiary/aromatic N) is 3. The normalized spacial score (nSPS) is 18.1. The highest BCUT2D eigenvalue weighted by molar-refractivity contribution is 5.99. The van der Waals surface area contributed by atoms with E-state index in [4.69, 9.17) is 0 Å². The molecule has 2 saturated heterocycles. The lowest BCUT2D eigenvalue weighted by atomic mass is 9.65. The molecule has 1 atom stereocenters. The Balaban J connectivity index is 1.08. The number of carbonyl (C=O) groups is 1. The summed E-state index contributed by atoms with van der Waals surface area (Å²) < 4.78 is 30.1. The Morgan fingerprint density at radius 3 is 2.49 bits per heavy atom. The fourth-order valence-corrected chi connectivity index (χ4v) is 8.02. The van der Waals surface area contributed by atoms with Crippen LogP contribution in [0, 0.1) is 29.9 Å². The van der Waals surface area contributed by atoms with Gasteiger partial charge in [-0.3, -0.25) is 9.69 Å². The summed E-state index contributed by atoms with van der Waals surface area (Å²) in [5.41, 5.74) is 5.10. The molecule has 2 aliphatic rings. The molecule has 2 fully saturated rings. The quantitative estimate of drug-likeness (QED) is 0.127. The summed E-state index contributed by atoms with van der Waals surface area (Å²) in [5.74, 6) is -1.40. The molecule has 51 heavy (non-hydrogen) atoms. The van der Waals surface area contributed by atoms with Crippen molar-refractivity contribution >= 4 is 16.8 Å². The lowest BCUT2D eigenvalue weighted by Gasteiger charge is -2.49. The summed E-state index contributed by atoms with van der Waals surface area (Å²) in [4.78, 5) is 28.1. The number of hydrogen-bond donors (Lipinski definition) is 4. The van der Waals surface area contributed by atoms with Gasteiger partial charge >= 0.3 is 0 Å². The zero-order chi connectivity index (χ0) is 35.9. The van der Waals surface area contributed by atoms with Crippen LogP contribution in [0.15, 0.2) is 67.0 Å². The van der Waals surface area contributed by atoms with Crippen LogP contribution in [0.2, 0.25) is 0 Å². The fraction of sp³-hybridized carbons (Fsp3) is 0.390. The highest BCUT2D eigenvalue weighted by Gasteiger charge is 2.42. The van der Waals surface area contributed by atoms with Crippen LogP contribution >= 0.6 is 0 Å². The van der Waals surface area contributed by atoms with E-state index in [1.807, 2.05) is 13.0 Å². The Morgan fingerprint density at radius 2 is 1.78 bits per heavy atom. The third kappa shape index (κ3) is 7.10. The van der Waals surface area contributed by atoms with E-state index in [2.05, 4.69) is 49.4 Å². The second-order valence-corrected chi connectivity index (χ2v) is 14.9. The molecule has 0 radical (unpaired) electrons. The molecule has 1 unspecified atom stereocenters. The molecular formula is C41H45F2N5O3. The Hall–Kier alpha value is -4.35. The molecule has 8 nitrogen and oxygen atoms in total. The topological polar surface area (TPSA) is 114 Å². The maximum Gasteiger partial charge on any atom is 0.170 e. The summed E-state index contributed by atoms with van der Waals surface area (Å²) in [6, 6.07) is 17.2. The van der Waals surface area contributed by atoms with Gasteiger partial charge in [0.2, 0.25) is 0 Å². The van der Waals surface area contributed by atoms with Gasteiger partial charge in [0.05, 0.1) is 16.9 Å². The van der Waals surface area contributed by atoms with Crippen LogP contribution in [-0.2, 0) is 18.6 Å². The van der Waals surface area contributed by atoms with Gasteiger partial charge in [-0.2, -0.15) is 0 Å². The SMILES string of the molecule is Cc1c(CC(=O)c2ccc(C(C)(C)O)cc2F)cc(F)cc1-c1ncnc2[nH]c(-c3ccc(CN4CCC5(CCNCC5CO)CC4)cc3)cc12. The van der Waals surface area contributed by atoms with Crippen molar-refractivity contribution in [2.45, 2.75) is 58.6 Å². The van der Waals surface area contributed by atoms with Gasteiger partial charge in [0, 0.05) is 48.7 Å². The number of fused-ring (bicyclic) bond motifs is 1. The summed E-state index contributed by atoms with van der Waals surface area (Å²) >= 11 is 0. The van der Waals surface area contributed by atoms with Gasteiger partial charge in [0.1, 0.15) is 23.6 Å². The zero-order valence-electron chi connectivity index (χ0n) is 29.4. The molecule has 2 aromatic heterocycles. The van der Waals surface area contributed by atoms with Crippen molar-refractivity contribution in [2.24, 2.45) is 11.3 Å². The third-order valence-electron chi connectivity index (χ3n) is 11.3. The van der Waals surface area contributed by atoms with E-state index in [1.54, 1.807) is 13.8 Å². The fourth-order valence-electron chi connectivity index (χ4n) is 8.02. The van der Waals surface area contributed by atoms with Gasteiger partial charge in [-0.15, -0.1) is 0 Å². The molecule has 10 heteroatoms. The lowest BCUT2D eigenvalue weighted by Crippen LogP contribution is -2.52. The number of H-pyrrole nitrogens is 1. The molecule has 2 aliphatic heterocycles. The van der Waals surface area contributed by atoms with Crippen molar-refractivity contribution in [3.63, 3.8) is 0 Å². The van der Waals surface area contributed by atoms with Crippen LogP contribution in [0.5, 0.6) is 0 Å². The number of hydrogen-bond acceptors (Lipinski definition) is 7. The maximum absolute atomic E-state index is 15.1. The van der Waals surface area contributed by atoms with Crippen LogP contribution in [0.1, 0.15) is 65.7 Å². The van der Waals surface area contributed by atoms with Crippen molar-refractivity contribution in [1.29, 1.82) is 0 Å². The van der Waals surface area contributed by atoms with Gasteiger partial charge in [-0.05, 0) is 123 Å². The Labute approximate surface area is 297 Å². The van der Waals surface area contributed by atoms with Gasteiger partial charge in [0.15, 0.2) is 5.78 Å². The van der Waals surface area contributed by atoms with Crippen LogP contribution in [0.4, 0.5) is 8.78 Å². The van der Waals surface area contributed by atoms with E-state index in [0.717, 1.165) is 68.6 Å². The van der Waals surface area contributed by atoms with Gasteiger partial charge in [-0.1, -0.05) is 30.3 Å². The first kappa shape index (κ1) is 35.1. The average Bonchev–Trinajstić information content (AvgIpc) is 3.56. The molecule has 0 saturated carbocycles. The summed E-state index contributed by atoms with van der Waals surface area (Å²) in [5, 5.41) is 24.4. The monoisotopic (exact) mass is 693 g/mol. The number of likely N-dealkylation sites (tertiary alicyclic amines) is 1. The molecule has 266 valence electrons. The minimum Gasteiger partial charge on any atom is -0.396 e. The number of aliphatic hydroxyl groups is 2. The summed E-state index contributed by atoms with van der Waals surface area (Å²) in [7, 11) is 0. The summed E-state index contributed by atoms with van der Waals surface area (Å²) in [6.07, 6.45) is 4.61. The molecule has 4 N–H and O–H groups in total. The molecular weight excluding hydrogens is 648 g/mol. The largest absolute Gasteiger partial charge is 0.396 e. The minimum atomic E-state index is -1.25. The lowest BCUT2D eigenvalue weighted by molar-refractivity contribution is -0.00583. The number of aliphatic hydroxyl groups excluding tert-OH is 1. The molecule has 0 amide bonds. The first-order valence-electron chi connectivity index (χ1n) is 17.8. The van der Waals surface area contributed by atoms with Crippen LogP contribution < -0.4 is 5.32 Å². The highest BCUT2D eigenvalue weighted by atomic mass is 19.1. The second kappa shape index (κ2) is 14.0. The highest BCUT2D eigenvalue weighted by Crippen LogP contribution is 2.43. The smallest absolute Gasteiger partial charge is 0.170 e. The van der Waals surface area contributed by atoms with Crippen molar-refractivity contribution in [1.82, 2.24) is 25.2 Å². The maximum atomic E-state index is 15.1.